The van der Waals surface area contributed by atoms with Crippen molar-refractivity contribution in [2.24, 2.45) is 0 Å². The van der Waals surface area contributed by atoms with Crippen molar-refractivity contribution in [3.8, 4) is 5.75 Å². The van der Waals surface area contributed by atoms with Crippen LogP contribution in [-0.2, 0) is 11.3 Å². The number of hydrogen-bond donors (Lipinski definition) is 2. The highest BCUT2D eigenvalue weighted by molar-refractivity contribution is 5.87. The number of nitrogens with one attached hydrogen (secondary N) is 1. The number of rotatable bonds is 4. The predicted molar refractivity (Wildman–Crippen MR) is 89.4 cm³/mol. The van der Waals surface area contributed by atoms with Gasteiger partial charge in [-0.25, -0.2) is 4.79 Å². The Morgan fingerprint density at radius 3 is 2.50 bits per heavy atom. The van der Waals surface area contributed by atoms with E-state index in [1.807, 2.05) is 26.0 Å². The smallest absolute Gasteiger partial charge is 0.335 e. The minimum absolute atomic E-state index is 0.0840. The maximum atomic E-state index is 12.5. The van der Waals surface area contributed by atoms with Gasteiger partial charge in [0.2, 0.25) is 5.91 Å². The molecule has 24 heavy (non-hydrogen) atoms. The number of aryl methyl sites for hydroxylation is 2. The summed E-state index contributed by atoms with van der Waals surface area (Å²) in [4.78, 5) is 23.3. The number of carbonyl (C=O) groups is 2. The van der Waals surface area contributed by atoms with Crippen LogP contribution in [0.3, 0.4) is 0 Å². The van der Waals surface area contributed by atoms with Gasteiger partial charge in [-0.1, -0.05) is 18.2 Å². The van der Waals surface area contributed by atoms with Crippen LogP contribution in [0.4, 0.5) is 0 Å². The summed E-state index contributed by atoms with van der Waals surface area (Å²) < 4.78 is 5.64. The summed E-state index contributed by atoms with van der Waals surface area (Å²) in [5, 5.41) is 11.8. The number of ether oxygens (including phenoxy) is 1. The van der Waals surface area contributed by atoms with Crippen molar-refractivity contribution >= 4 is 11.9 Å². The molecule has 0 saturated heterocycles. The molecule has 124 valence electrons. The largest absolute Gasteiger partial charge is 0.492 e. The third-order valence-electron chi connectivity index (χ3n) is 4.39. The topological polar surface area (TPSA) is 75.6 Å². The molecule has 1 aliphatic rings. The third kappa shape index (κ3) is 3.11. The molecule has 3 rings (SSSR count). The van der Waals surface area contributed by atoms with Gasteiger partial charge in [-0.15, -0.1) is 0 Å². The fourth-order valence-electron chi connectivity index (χ4n) is 2.77. The van der Waals surface area contributed by atoms with Gasteiger partial charge in [-0.3, -0.25) is 4.79 Å². The molecular formula is C19H19NO4. The number of carbonyl (C=O) groups excluding carboxylic acids is 1. The van der Waals surface area contributed by atoms with Crippen molar-refractivity contribution in [2.45, 2.75) is 26.3 Å². The van der Waals surface area contributed by atoms with Crippen molar-refractivity contribution in [1.29, 1.82) is 0 Å². The highest BCUT2D eigenvalue weighted by Crippen LogP contribution is 2.36. The molecule has 5 nitrogen and oxygen atoms in total. The maximum Gasteiger partial charge on any atom is 0.335 e. The molecule has 1 amide bonds. The summed E-state index contributed by atoms with van der Waals surface area (Å²) in [5.74, 6) is -0.572. The molecule has 0 aromatic heterocycles. The Morgan fingerprint density at radius 2 is 1.83 bits per heavy atom. The third-order valence-corrected chi connectivity index (χ3v) is 4.39. The first-order valence-corrected chi connectivity index (χ1v) is 7.79. The van der Waals surface area contributed by atoms with E-state index in [4.69, 9.17) is 9.84 Å². The summed E-state index contributed by atoms with van der Waals surface area (Å²) >= 11 is 0. The second kappa shape index (κ2) is 6.35. The fourth-order valence-corrected chi connectivity index (χ4v) is 2.77. The van der Waals surface area contributed by atoms with Gasteiger partial charge in [0.05, 0.1) is 5.56 Å². The van der Waals surface area contributed by atoms with Crippen LogP contribution >= 0.6 is 0 Å². The van der Waals surface area contributed by atoms with Crippen LogP contribution in [0.2, 0.25) is 0 Å². The van der Waals surface area contributed by atoms with Gasteiger partial charge in [0, 0.05) is 12.1 Å². The zero-order valence-electron chi connectivity index (χ0n) is 13.6. The molecule has 5 heteroatoms. The van der Waals surface area contributed by atoms with E-state index in [1.54, 1.807) is 12.1 Å². The Bertz CT molecular complexity index is 796. The summed E-state index contributed by atoms with van der Waals surface area (Å²) in [7, 11) is 0. The van der Waals surface area contributed by atoms with Crippen LogP contribution in [0.15, 0.2) is 36.4 Å². The van der Waals surface area contributed by atoms with E-state index in [0.29, 0.717) is 13.2 Å². The number of amides is 1. The van der Waals surface area contributed by atoms with Gasteiger partial charge in [-0.05, 0) is 48.7 Å². The van der Waals surface area contributed by atoms with Crippen molar-refractivity contribution < 1.29 is 19.4 Å². The summed E-state index contributed by atoms with van der Waals surface area (Å²) in [6.45, 7) is 4.75. The zero-order chi connectivity index (χ0) is 17.3. The zero-order valence-corrected chi connectivity index (χ0v) is 13.6. The molecule has 0 bridgehead atoms. The standard InChI is InChI=1S/C19H19NO4/c1-11-7-15-16(10-24-17(15)8-12(11)2)18(21)20-9-13-3-5-14(6-4-13)19(22)23/h3-8,16H,9-10H2,1-2H3,(H,20,21)(H,22,23). The number of hydrogen-bond acceptors (Lipinski definition) is 3. The maximum absolute atomic E-state index is 12.5. The lowest BCUT2D eigenvalue weighted by atomic mass is 9.96. The Morgan fingerprint density at radius 1 is 1.17 bits per heavy atom. The second-order valence-electron chi connectivity index (χ2n) is 6.06. The van der Waals surface area contributed by atoms with E-state index >= 15 is 0 Å². The lowest BCUT2D eigenvalue weighted by Crippen LogP contribution is -2.29. The number of fused-ring (bicyclic) bond motifs is 1. The van der Waals surface area contributed by atoms with E-state index in [1.165, 1.54) is 12.1 Å². The van der Waals surface area contributed by atoms with E-state index in [0.717, 1.165) is 28.0 Å². The van der Waals surface area contributed by atoms with Gasteiger partial charge >= 0.3 is 5.97 Å². The van der Waals surface area contributed by atoms with Crippen LogP contribution in [0, 0.1) is 13.8 Å². The van der Waals surface area contributed by atoms with E-state index in [-0.39, 0.29) is 17.4 Å². The molecular weight excluding hydrogens is 306 g/mol. The Labute approximate surface area is 140 Å². The highest BCUT2D eigenvalue weighted by Gasteiger charge is 2.30. The molecule has 0 radical (unpaired) electrons. The lowest BCUT2D eigenvalue weighted by molar-refractivity contribution is -0.122. The van der Waals surface area contributed by atoms with Gasteiger partial charge < -0.3 is 15.2 Å². The summed E-state index contributed by atoms with van der Waals surface area (Å²) in [5.41, 5.74) is 4.30. The number of benzene rings is 2. The quantitative estimate of drug-likeness (QED) is 0.906. The first kappa shape index (κ1) is 16.1. The predicted octanol–water partition coefficient (Wildman–Crippen LogP) is 2.79. The van der Waals surface area contributed by atoms with Gasteiger partial charge in [0.25, 0.3) is 0 Å². The molecule has 0 spiro atoms. The fraction of sp³-hybridized carbons (Fsp3) is 0.263. The molecule has 1 atom stereocenters. The molecule has 0 aliphatic carbocycles. The van der Waals surface area contributed by atoms with Crippen molar-refractivity contribution in [3.05, 3.63) is 64.2 Å². The normalized spacial score (nSPS) is 15.5. The SMILES string of the molecule is Cc1cc2c(cc1C)C(C(=O)NCc1ccc(C(=O)O)cc1)CO2. The molecule has 0 fully saturated rings. The first-order valence-electron chi connectivity index (χ1n) is 7.79. The molecule has 2 N–H and O–H groups in total. The molecule has 1 unspecified atom stereocenters. The van der Waals surface area contributed by atoms with Gasteiger partial charge in [-0.2, -0.15) is 0 Å². The molecule has 2 aromatic rings. The lowest BCUT2D eigenvalue weighted by Gasteiger charge is -2.11. The molecule has 2 aromatic carbocycles. The Hall–Kier alpha value is -2.82. The van der Waals surface area contributed by atoms with Crippen molar-refractivity contribution in [2.75, 3.05) is 6.61 Å². The molecule has 0 saturated carbocycles. The van der Waals surface area contributed by atoms with Crippen molar-refractivity contribution in [3.63, 3.8) is 0 Å². The monoisotopic (exact) mass is 325 g/mol. The van der Waals surface area contributed by atoms with E-state index in [2.05, 4.69) is 5.32 Å². The van der Waals surface area contributed by atoms with Crippen LogP contribution in [0.1, 0.15) is 38.5 Å². The number of aromatic carboxylic acids is 1. The Balaban J connectivity index is 1.67. The highest BCUT2D eigenvalue weighted by atomic mass is 16.5. The average Bonchev–Trinajstić information content (AvgIpc) is 2.96. The summed E-state index contributed by atoms with van der Waals surface area (Å²) in [6, 6.07) is 10.5. The second-order valence-corrected chi connectivity index (χ2v) is 6.06. The van der Waals surface area contributed by atoms with Gasteiger partial charge in [0.1, 0.15) is 18.3 Å². The van der Waals surface area contributed by atoms with Gasteiger partial charge in [0.15, 0.2) is 0 Å². The summed E-state index contributed by atoms with van der Waals surface area (Å²) in [6.07, 6.45) is 0. The van der Waals surface area contributed by atoms with Crippen molar-refractivity contribution in [1.82, 2.24) is 5.32 Å². The van der Waals surface area contributed by atoms with Crippen LogP contribution < -0.4 is 10.1 Å². The number of carboxylic acid groups (broad SMARTS) is 1. The minimum atomic E-state index is -0.962. The number of carboxylic acids is 1. The van der Waals surface area contributed by atoms with Crippen LogP contribution in [0.25, 0.3) is 0 Å². The minimum Gasteiger partial charge on any atom is -0.492 e. The van der Waals surface area contributed by atoms with Crippen LogP contribution in [0.5, 0.6) is 5.75 Å². The van der Waals surface area contributed by atoms with Crippen LogP contribution in [-0.4, -0.2) is 23.6 Å². The van der Waals surface area contributed by atoms with E-state index < -0.39 is 5.97 Å². The molecule has 1 aliphatic heterocycles. The molecule has 1 heterocycles. The van der Waals surface area contributed by atoms with E-state index in [9.17, 15) is 9.59 Å². The average molecular weight is 325 g/mol. The Kier molecular flexibility index (Phi) is 4.25. The first-order chi connectivity index (χ1) is 11.5.